The van der Waals surface area contributed by atoms with Crippen molar-refractivity contribution in [2.24, 2.45) is 5.73 Å². The summed E-state index contributed by atoms with van der Waals surface area (Å²) >= 11 is 0. The van der Waals surface area contributed by atoms with Gasteiger partial charge in [-0.15, -0.1) is 0 Å². The molecule has 1 unspecified atom stereocenters. The first kappa shape index (κ1) is 14.2. The van der Waals surface area contributed by atoms with Crippen molar-refractivity contribution in [2.45, 2.75) is 51.5 Å². The minimum atomic E-state index is 0.0163. The third-order valence-corrected chi connectivity index (χ3v) is 3.57. The number of unbranched alkanes of at least 4 members (excludes halogenated alkanes) is 5. The van der Waals surface area contributed by atoms with Crippen LogP contribution in [0.15, 0.2) is 18.2 Å². The van der Waals surface area contributed by atoms with Crippen molar-refractivity contribution in [1.82, 2.24) is 0 Å². The minimum absolute atomic E-state index is 0.0163. The third kappa shape index (κ3) is 4.13. The number of rotatable bonds is 8. The predicted octanol–water partition coefficient (Wildman–Crippen LogP) is 3.82. The molecule has 0 aromatic heterocycles. The molecule has 1 atom stereocenters. The van der Waals surface area contributed by atoms with E-state index in [4.69, 9.17) is 15.2 Å². The van der Waals surface area contributed by atoms with Gasteiger partial charge in [0.05, 0.1) is 12.6 Å². The Bertz CT molecular complexity index is 392. The van der Waals surface area contributed by atoms with E-state index in [9.17, 15) is 0 Å². The predicted molar refractivity (Wildman–Crippen MR) is 77.7 cm³/mol. The van der Waals surface area contributed by atoms with Crippen molar-refractivity contribution in [3.8, 4) is 11.5 Å². The van der Waals surface area contributed by atoms with Crippen molar-refractivity contribution in [1.29, 1.82) is 0 Å². The fourth-order valence-electron chi connectivity index (χ4n) is 2.38. The normalized spacial score (nSPS) is 17.1. The second-order valence-electron chi connectivity index (χ2n) is 5.23. The van der Waals surface area contributed by atoms with E-state index >= 15 is 0 Å². The lowest BCUT2D eigenvalue weighted by Gasteiger charge is -2.08. The van der Waals surface area contributed by atoms with Crippen molar-refractivity contribution in [2.75, 3.05) is 13.2 Å². The van der Waals surface area contributed by atoms with Gasteiger partial charge in [0, 0.05) is 11.6 Å². The van der Waals surface area contributed by atoms with E-state index < -0.39 is 0 Å². The molecule has 106 valence electrons. The maximum Gasteiger partial charge on any atom is 0.127 e. The van der Waals surface area contributed by atoms with Crippen molar-refractivity contribution >= 4 is 0 Å². The Hall–Kier alpha value is -1.22. The van der Waals surface area contributed by atoms with Gasteiger partial charge in [-0.2, -0.15) is 0 Å². The van der Waals surface area contributed by atoms with Gasteiger partial charge < -0.3 is 15.2 Å². The van der Waals surface area contributed by atoms with Crippen LogP contribution in [0.4, 0.5) is 0 Å². The number of nitrogens with two attached hydrogens (primary N) is 1. The number of ether oxygens (including phenoxy) is 2. The summed E-state index contributed by atoms with van der Waals surface area (Å²) in [6.45, 7) is 3.61. The number of benzene rings is 1. The zero-order valence-corrected chi connectivity index (χ0v) is 11.9. The van der Waals surface area contributed by atoms with Gasteiger partial charge in [0.15, 0.2) is 0 Å². The second kappa shape index (κ2) is 7.39. The molecule has 2 N–H and O–H groups in total. The summed E-state index contributed by atoms with van der Waals surface area (Å²) in [7, 11) is 0. The molecule has 0 amide bonds. The first-order chi connectivity index (χ1) is 9.31. The topological polar surface area (TPSA) is 44.5 Å². The third-order valence-electron chi connectivity index (χ3n) is 3.57. The van der Waals surface area contributed by atoms with E-state index in [1.165, 1.54) is 32.1 Å². The van der Waals surface area contributed by atoms with Crippen LogP contribution in [-0.4, -0.2) is 13.2 Å². The number of hydrogen-bond acceptors (Lipinski definition) is 3. The molecule has 0 saturated carbocycles. The highest BCUT2D eigenvalue weighted by Crippen LogP contribution is 2.33. The van der Waals surface area contributed by atoms with Crippen LogP contribution >= 0.6 is 0 Å². The molecule has 1 aromatic carbocycles. The molecule has 1 aliphatic heterocycles. The summed E-state index contributed by atoms with van der Waals surface area (Å²) in [6, 6.07) is 5.98. The van der Waals surface area contributed by atoms with Crippen LogP contribution in [0.5, 0.6) is 11.5 Å². The van der Waals surface area contributed by atoms with Crippen LogP contribution < -0.4 is 15.2 Å². The average Bonchev–Trinajstić information content (AvgIpc) is 2.79. The van der Waals surface area contributed by atoms with Crippen LogP contribution in [0, 0.1) is 0 Å². The summed E-state index contributed by atoms with van der Waals surface area (Å²) in [5, 5.41) is 0. The maximum absolute atomic E-state index is 5.91. The van der Waals surface area contributed by atoms with E-state index in [2.05, 4.69) is 6.92 Å². The SMILES string of the molecule is CCCCCCCCOc1ccc2c(c1)OCC2N. The lowest BCUT2D eigenvalue weighted by Crippen LogP contribution is -2.10. The molecular formula is C16H25NO2. The average molecular weight is 263 g/mol. The largest absolute Gasteiger partial charge is 0.493 e. The fraction of sp³-hybridized carbons (Fsp3) is 0.625. The highest BCUT2D eigenvalue weighted by molar-refractivity contribution is 5.44. The molecule has 1 heterocycles. The Morgan fingerprint density at radius 1 is 1.21 bits per heavy atom. The molecular weight excluding hydrogens is 238 g/mol. The van der Waals surface area contributed by atoms with E-state index in [-0.39, 0.29) is 6.04 Å². The first-order valence-corrected chi connectivity index (χ1v) is 7.46. The summed E-state index contributed by atoms with van der Waals surface area (Å²) in [5.41, 5.74) is 7.00. The number of fused-ring (bicyclic) bond motifs is 1. The molecule has 1 aliphatic rings. The molecule has 0 bridgehead atoms. The molecule has 0 fully saturated rings. The maximum atomic E-state index is 5.91. The van der Waals surface area contributed by atoms with Gasteiger partial charge >= 0.3 is 0 Å². The van der Waals surface area contributed by atoms with E-state index in [1.54, 1.807) is 0 Å². The summed E-state index contributed by atoms with van der Waals surface area (Å²) < 4.78 is 11.3. The lowest BCUT2D eigenvalue weighted by atomic mass is 10.1. The quantitative estimate of drug-likeness (QED) is 0.725. The summed E-state index contributed by atoms with van der Waals surface area (Å²) in [6.07, 6.45) is 7.70. The lowest BCUT2D eigenvalue weighted by molar-refractivity contribution is 0.300. The van der Waals surface area contributed by atoms with E-state index in [0.717, 1.165) is 30.1 Å². The van der Waals surface area contributed by atoms with Gasteiger partial charge in [0.25, 0.3) is 0 Å². The standard InChI is InChI=1S/C16H25NO2/c1-2-3-4-5-6-7-10-18-13-8-9-14-15(17)12-19-16(14)11-13/h8-9,11,15H,2-7,10,12,17H2,1H3. The highest BCUT2D eigenvalue weighted by Gasteiger charge is 2.20. The Morgan fingerprint density at radius 3 is 2.84 bits per heavy atom. The fourth-order valence-corrected chi connectivity index (χ4v) is 2.38. The molecule has 3 nitrogen and oxygen atoms in total. The molecule has 19 heavy (non-hydrogen) atoms. The van der Waals surface area contributed by atoms with Crippen LogP contribution in [0.1, 0.15) is 57.1 Å². The van der Waals surface area contributed by atoms with Gasteiger partial charge in [-0.25, -0.2) is 0 Å². The van der Waals surface area contributed by atoms with Crippen molar-refractivity contribution in [3.63, 3.8) is 0 Å². The Morgan fingerprint density at radius 2 is 2.00 bits per heavy atom. The highest BCUT2D eigenvalue weighted by atomic mass is 16.5. The summed E-state index contributed by atoms with van der Waals surface area (Å²) in [4.78, 5) is 0. The second-order valence-corrected chi connectivity index (χ2v) is 5.23. The molecule has 0 spiro atoms. The molecule has 0 radical (unpaired) electrons. The Kier molecular flexibility index (Phi) is 5.52. The molecule has 1 aromatic rings. The van der Waals surface area contributed by atoms with E-state index in [1.807, 2.05) is 18.2 Å². The van der Waals surface area contributed by atoms with Crippen molar-refractivity contribution < 1.29 is 9.47 Å². The van der Waals surface area contributed by atoms with Crippen molar-refractivity contribution in [3.05, 3.63) is 23.8 Å². The molecule has 0 aliphatic carbocycles. The Labute approximate surface area is 116 Å². The minimum Gasteiger partial charge on any atom is -0.493 e. The zero-order valence-electron chi connectivity index (χ0n) is 11.9. The van der Waals surface area contributed by atoms with Crippen LogP contribution in [-0.2, 0) is 0 Å². The molecule has 3 heteroatoms. The van der Waals surface area contributed by atoms with Crippen LogP contribution in [0.25, 0.3) is 0 Å². The van der Waals surface area contributed by atoms with Crippen LogP contribution in [0.3, 0.4) is 0 Å². The van der Waals surface area contributed by atoms with Gasteiger partial charge in [0.2, 0.25) is 0 Å². The first-order valence-electron chi connectivity index (χ1n) is 7.46. The van der Waals surface area contributed by atoms with Gasteiger partial charge in [-0.1, -0.05) is 39.0 Å². The van der Waals surface area contributed by atoms with Crippen LogP contribution in [0.2, 0.25) is 0 Å². The molecule has 0 saturated heterocycles. The van der Waals surface area contributed by atoms with Gasteiger partial charge in [-0.3, -0.25) is 0 Å². The Balaban J connectivity index is 1.67. The monoisotopic (exact) mass is 263 g/mol. The smallest absolute Gasteiger partial charge is 0.127 e. The molecule has 2 rings (SSSR count). The zero-order chi connectivity index (χ0) is 13.5. The number of hydrogen-bond donors (Lipinski definition) is 1. The summed E-state index contributed by atoms with van der Waals surface area (Å²) in [5.74, 6) is 1.77. The van der Waals surface area contributed by atoms with Gasteiger partial charge in [0.1, 0.15) is 18.1 Å². The van der Waals surface area contributed by atoms with Gasteiger partial charge in [-0.05, 0) is 18.6 Å². The van der Waals surface area contributed by atoms with E-state index in [0.29, 0.717) is 6.61 Å².